The third-order valence-corrected chi connectivity index (χ3v) is 4.62. The molecule has 3 rings (SSSR count). The molecular weight excluding hydrogens is 280 g/mol. The summed E-state index contributed by atoms with van der Waals surface area (Å²) in [5.41, 5.74) is 0.570. The number of Topliss-reactive ketones (excluding diaryl/α,β-unsaturated/α-hetero) is 1. The minimum Gasteiger partial charge on any atom is -0.445 e. The van der Waals surface area contributed by atoms with Gasteiger partial charge in [-0.25, -0.2) is 4.79 Å². The number of ether oxygens (including phenoxy) is 1. The van der Waals surface area contributed by atoms with E-state index in [1.165, 1.54) is 0 Å². The van der Waals surface area contributed by atoms with Crippen molar-refractivity contribution in [3.8, 4) is 0 Å². The van der Waals surface area contributed by atoms with Crippen molar-refractivity contribution in [3.63, 3.8) is 0 Å². The third-order valence-electron chi connectivity index (χ3n) is 4.62. The normalized spacial score (nSPS) is 25.3. The number of rotatable bonds is 2. The van der Waals surface area contributed by atoms with E-state index in [-0.39, 0.29) is 18.5 Å². The zero-order chi connectivity index (χ0) is 15.4. The van der Waals surface area contributed by atoms with Crippen molar-refractivity contribution in [1.29, 1.82) is 0 Å². The first-order chi connectivity index (χ1) is 10.7. The van der Waals surface area contributed by atoms with Gasteiger partial charge >= 0.3 is 6.09 Å². The van der Waals surface area contributed by atoms with Gasteiger partial charge in [-0.1, -0.05) is 30.3 Å². The highest BCUT2D eigenvalue weighted by Gasteiger charge is 2.44. The second-order valence-corrected chi connectivity index (χ2v) is 6.20. The van der Waals surface area contributed by atoms with Gasteiger partial charge in [0.05, 0.1) is 5.41 Å². The fourth-order valence-corrected chi connectivity index (χ4v) is 3.36. The number of amides is 1. The maximum atomic E-state index is 12.3. The topological polar surface area (TPSA) is 58.6 Å². The smallest absolute Gasteiger partial charge is 0.410 e. The Balaban J connectivity index is 1.59. The molecule has 2 saturated heterocycles. The maximum absolute atomic E-state index is 12.3. The lowest BCUT2D eigenvalue weighted by molar-refractivity contribution is -0.133. The van der Waals surface area contributed by atoms with Crippen LogP contribution in [0.3, 0.4) is 0 Å². The molecule has 1 aromatic rings. The van der Waals surface area contributed by atoms with Crippen molar-refractivity contribution >= 4 is 11.9 Å². The predicted octanol–water partition coefficient (Wildman–Crippen LogP) is 1.97. The van der Waals surface area contributed by atoms with Crippen LogP contribution in [0.5, 0.6) is 0 Å². The summed E-state index contributed by atoms with van der Waals surface area (Å²) in [5.74, 6) is 0.284. The van der Waals surface area contributed by atoms with Gasteiger partial charge in [-0.15, -0.1) is 0 Å². The molecule has 1 spiro atoms. The lowest BCUT2D eigenvalue weighted by Crippen LogP contribution is -2.57. The van der Waals surface area contributed by atoms with E-state index in [1.54, 1.807) is 4.90 Å². The van der Waals surface area contributed by atoms with Crippen molar-refractivity contribution in [1.82, 2.24) is 10.2 Å². The van der Waals surface area contributed by atoms with Crippen LogP contribution in [0.4, 0.5) is 4.79 Å². The van der Waals surface area contributed by atoms with E-state index in [1.807, 2.05) is 30.3 Å². The van der Waals surface area contributed by atoms with Crippen LogP contribution in [0.15, 0.2) is 30.3 Å². The van der Waals surface area contributed by atoms with Crippen LogP contribution in [-0.2, 0) is 16.1 Å². The Morgan fingerprint density at radius 2 is 2.14 bits per heavy atom. The van der Waals surface area contributed by atoms with E-state index in [4.69, 9.17) is 4.74 Å². The molecule has 22 heavy (non-hydrogen) atoms. The molecule has 118 valence electrons. The average molecular weight is 302 g/mol. The van der Waals surface area contributed by atoms with Gasteiger partial charge in [-0.3, -0.25) is 4.79 Å². The molecular formula is C17H22N2O3. The molecule has 1 aromatic carbocycles. The van der Waals surface area contributed by atoms with Crippen molar-refractivity contribution in [3.05, 3.63) is 35.9 Å². The number of piperidine rings is 2. The molecule has 0 aliphatic carbocycles. The first-order valence-corrected chi connectivity index (χ1v) is 7.89. The van der Waals surface area contributed by atoms with Gasteiger partial charge in [0.1, 0.15) is 12.4 Å². The van der Waals surface area contributed by atoms with Crippen LogP contribution in [0.1, 0.15) is 24.8 Å². The number of carbonyl (C=O) groups is 2. The minimum atomic E-state index is -0.401. The summed E-state index contributed by atoms with van der Waals surface area (Å²) in [5, 5.41) is 3.29. The van der Waals surface area contributed by atoms with Crippen molar-refractivity contribution in [2.24, 2.45) is 5.41 Å². The Hall–Kier alpha value is -1.88. The summed E-state index contributed by atoms with van der Waals surface area (Å²) >= 11 is 0. The largest absolute Gasteiger partial charge is 0.445 e. The fourth-order valence-electron chi connectivity index (χ4n) is 3.36. The molecule has 1 atom stereocenters. The fraction of sp³-hybridized carbons (Fsp3) is 0.529. The van der Waals surface area contributed by atoms with Gasteiger partial charge in [0.25, 0.3) is 0 Å². The van der Waals surface area contributed by atoms with Crippen LogP contribution in [0.2, 0.25) is 0 Å². The van der Waals surface area contributed by atoms with Gasteiger partial charge < -0.3 is 15.0 Å². The highest BCUT2D eigenvalue weighted by molar-refractivity contribution is 5.87. The number of hydrogen-bond donors (Lipinski definition) is 1. The van der Waals surface area contributed by atoms with Gasteiger partial charge in [0.15, 0.2) is 0 Å². The summed E-state index contributed by atoms with van der Waals surface area (Å²) in [6.45, 7) is 2.85. The van der Waals surface area contributed by atoms with E-state index in [0.717, 1.165) is 24.9 Å². The van der Waals surface area contributed by atoms with Crippen LogP contribution >= 0.6 is 0 Å². The minimum absolute atomic E-state index is 0.273. The van der Waals surface area contributed by atoms with Gasteiger partial charge in [0.2, 0.25) is 0 Å². The molecule has 2 aliphatic heterocycles. The highest BCUT2D eigenvalue weighted by atomic mass is 16.6. The Bertz CT molecular complexity index is 542. The first-order valence-electron chi connectivity index (χ1n) is 7.89. The first kappa shape index (κ1) is 15.0. The summed E-state index contributed by atoms with van der Waals surface area (Å²) in [4.78, 5) is 26.3. The Morgan fingerprint density at radius 3 is 2.91 bits per heavy atom. The number of nitrogens with one attached hydrogen (secondary N) is 1. The van der Waals surface area contributed by atoms with Crippen LogP contribution in [0.25, 0.3) is 0 Å². The SMILES string of the molecule is O=C(OCc1ccccc1)N1CCCC2(CNCCC2=O)C1. The maximum Gasteiger partial charge on any atom is 0.410 e. The Kier molecular flexibility index (Phi) is 4.43. The predicted molar refractivity (Wildman–Crippen MR) is 82.4 cm³/mol. The Labute approximate surface area is 130 Å². The molecule has 2 fully saturated rings. The molecule has 5 heteroatoms. The molecule has 0 saturated carbocycles. The van der Waals surface area contributed by atoms with E-state index < -0.39 is 5.41 Å². The van der Waals surface area contributed by atoms with Gasteiger partial charge in [0, 0.05) is 32.6 Å². The monoisotopic (exact) mass is 302 g/mol. The molecule has 0 bridgehead atoms. The number of likely N-dealkylation sites (tertiary alicyclic amines) is 1. The summed E-state index contributed by atoms with van der Waals surface area (Å²) < 4.78 is 5.39. The molecule has 0 aromatic heterocycles. The van der Waals surface area contributed by atoms with E-state index in [0.29, 0.717) is 26.1 Å². The summed E-state index contributed by atoms with van der Waals surface area (Å²) in [6.07, 6.45) is 1.96. The number of benzene rings is 1. The molecule has 1 amide bonds. The number of ketones is 1. The second kappa shape index (κ2) is 6.48. The van der Waals surface area contributed by atoms with E-state index in [2.05, 4.69) is 5.32 Å². The van der Waals surface area contributed by atoms with Crippen LogP contribution < -0.4 is 5.32 Å². The number of hydrogen-bond acceptors (Lipinski definition) is 4. The summed E-state index contributed by atoms with van der Waals surface area (Å²) in [7, 11) is 0. The van der Waals surface area contributed by atoms with Crippen molar-refractivity contribution in [2.75, 3.05) is 26.2 Å². The Morgan fingerprint density at radius 1 is 1.32 bits per heavy atom. The quantitative estimate of drug-likeness (QED) is 0.907. The van der Waals surface area contributed by atoms with Crippen LogP contribution in [0, 0.1) is 5.41 Å². The van der Waals surface area contributed by atoms with Crippen molar-refractivity contribution < 1.29 is 14.3 Å². The molecule has 2 aliphatic rings. The van der Waals surface area contributed by atoms with E-state index in [9.17, 15) is 9.59 Å². The number of carbonyl (C=O) groups excluding carboxylic acids is 2. The lowest BCUT2D eigenvalue weighted by Gasteiger charge is -2.43. The third kappa shape index (κ3) is 3.14. The van der Waals surface area contributed by atoms with Gasteiger partial charge in [-0.2, -0.15) is 0 Å². The molecule has 1 N–H and O–H groups in total. The standard InChI is InChI=1S/C17H22N2O3/c20-15-7-9-18-12-17(15)8-4-10-19(13-17)16(21)22-11-14-5-2-1-3-6-14/h1-3,5-6,18H,4,7-13H2. The second-order valence-electron chi connectivity index (χ2n) is 6.20. The summed E-state index contributed by atoms with van der Waals surface area (Å²) in [6, 6.07) is 9.64. The van der Waals surface area contributed by atoms with Gasteiger partial charge in [-0.05, 0) is 18.4 Å². The highest BCUT2D eigenvalue weighted by Crippen LogP contribution is 2.33. The zero-order valence-electron chi connectivity index (χ0n) is 12.7. The van der Waals surface area contributed by atoms with E-state index >= 15 is 0 Å². The van der Waals surface area contributed by atoms with Crippen molar-refractivity contribution in [2.45, 2.75) is 25.9 Å². The average Bonchev–Trinajstić information content (AvgIpc) is 2.57. The number of nitrogens with zero attached hydrogens (tertiary/aromatic N) is 1. The molecule has 5 nitrogen and oxygen atoms in total. The lowest BCUT2D eigenvalue weighted by atomic mass is 9.73. The molecule has 2 heterocycles. The molecule has 1 unspecified atom stereocenters. The van der Waals surface area contributed by atoms with Crippen LogP contribution in [-0.4, -0.2) is 43.0 Å². The molecule has 0 radical (unpaired) electrons. The zero-order valence-corrected chi connectivity index (χ0v) is 12.7.